The predicted molar refractivity (Wildman–Crippen MR) is 150 cm³/mol. The molecule has 6 nitrogen and oxygen atoms in total. The van der Waals surface area contributed by atoms with Gasteiger partial charge in [-0.05, 0) is 60.2 Å². The molecule has 3 aromatic carbocycles. The lowest BCUT2D eigenvalue weighted by Gasteiger charge is -2.28. The van der Waals surface area contributed by atoms with E-state index in [0.717, 1.165) is 78.5 Å². The predicted octanol–water partition coefficient (Wildman–Crippen LogP) is 6.00. The minimum atomic E-state index is -0.476. The highest BCUT2D eigenvalue weighted by atomic mass is 16.3. The van der Waals surface area contributed by atoms with Gasteiger partial charge in [-0.15, -0.1) is 0 Å². The lowest BCUT2D eigenvalue weighted by molar-refractivity contribution is 0.0717. The van der Waals surface area contributed by atoms with Crippen molar-refractivity contribution in [2.75, 3.05) is 0 Å². The maximum absolute atomic E-state index is 13.0. The fourth-order valence-electron chi connectivity index (χ4n) is 5.36. The molecule has 1 amide bonds. The van der Waals surface area contributed by atoms with Crippen LogP contribution in [0.3, 0.4) is 0 Å². The van der Waals surface area contributed by atoms with Crippen LogP contribution in [0.15, 0.2) is 66.7 Å². The van der Waals surface area contributed by atoms with E-state index in [0.29, 0.717) is 17.7 Å². The molecular weight excluding hydrogens is 472 g/mol. The fourth-order valence-corrected chi connectivity index (χ4v) is 5.36. The number of nitriles is 1. The topological polar surface area (TPSA) is 90.9 Å². The summed E-state index contributed by atoms with van der Waals surface area (Å²) in [5, 5.41) is 22.7. The molecule has 0 saturated heterocycles. The highest BCUT2D eigenvalue weighted by molar-refractivity contribution is 5.97. The largest absolute Gasteiger partial charge is 0.391 e. The molecule has 2 atom stereocenters. The summed E-state index contributed by atoms with van der Waals surface area (Å²) in [4.78, 5) is 17.9. The lowest BCUT2D eigenvalue weighted by atomic mass is 9.92. The number of hydrogen-bond donors (Lipinski definition) is 2. The summed E-state index contributed by atoms with van der Waals surface area (Å²) in [6, 6.07) is 23.8. The molecule has 0 aliphatic heterocycles. The van der Waals surface area contributed by atoms with Crippen molar-refractivity contribution in [3.05, 3.63) is 89.2 Å². The Bertz CT molecular complexity index is 1470. The van der Waals surface area contributed by atoms with Gasteiger partial charge in [-0.25, -0.2) is 4.98 Å². The summed E-state index contributed by atoms with van der Waals surface area (Å²) in [7, 11) is 0. The molecule has 194 valence electrons. The van der Waals surface area contributed by atoms with Crippen molar-refractivity contribution in [3.8, 4) is 17.2 Å². The standard InChI is InChI=1S/C32H34N4O2/c1-2-3-12-31-34-28-19-24(32(38)35-27-10-6-7-11-30(27)37)17-18-29(28)36(31)21-22-13-15-23(16-14-22)26-9-5-4-8-25(26)20-33/h4-5,8-9,13-19,27,30,37H,2-3,6-7,10-12,21H2,1H3,(H,35,38). The van der Waals surface area contributed by atoms with Crippen LogP contribution in [0.5, 0.6) is 0 Å². The first-order chi connectivity index (χ1) is 18.6. The number of imidazole rings is 1. The van der Waals surface area contributed by atoms with Crippen molar-refractivity contribution in [1.29, 1.82) is 5.26 Å². The summed E-state index contributed by atoms with van der Waals surface area (Å²) in [6.07, 6.45) is 6.09. The van der Waals surface area contributed by atoms with Crippen LogP contribution in [0.2, 0.25) is 0 Å². The number of nitrogens with one attached hydrogen (secondary N) is 1. The van der Waals surface area contributed by atoms with Gasteiger partial charge in [-0.2, -0.15) is 5.26 Å². The second-order valence-corrected chi connectivity index (χ2v) is 10.2. The molecule has 0 bridgehead atoms. The molecule has 1 aliphatic carbocycles. The summed E-state index contributed by atoms with van der Waals surface area (Å²) in [5.41, 5.74) is 6.16. The molecule has 0 spiro atoms. The Morgan fingerprint density at radius 3 is 2.66 bits per heavy atom. The monoisotopic (exact) mass is 506 g/mol. The van der Waals surface area contributed by atoms with Crippen LogP contribution in [0.1, 0.15) is 72.8 Å². The number of benzene rings is 3. The summed E-state index contributed by atoms with van der Waals surface area (Å²) in [5.74, 6) is 0.858. The van der Waals surface area contributed by atoms with Crippen molar-refractivity contribution in [2.24, 2.45) is 0 Å². The minimum Gasteiger partial charge on any atom is -0.391 e. The van der Waals surface area contributed by atoms with Gasteiger partial charge in [0.2, 0.25) is 0 Å². The second-order valence-electron chi connectivity index (χ2n) is 10.2. The highest BCUT2D eigenvalue weighted by Gasteiger charge is 2.25. The Morgan fingerprint density at radius 1 is 1.11 bits per heavy atom. The van der Waals surface area contributed by atoms with Crippen molar-refractivity contribution < 1.29 is 9.90 Å². The number of carbonyl (C=O) groups is 1. The number of nitrogens with zero attached hydrogens (tertiary/aromatic N) is 3. The van der Waals surface area contributed by atoms with E-state index in [2.05, 4.69) is 47.1 Å². The zero-order chi connectivity index (χ0) is 26.5. The molecule has 2 N–H and O–H groups in total. The van der Waals surface area contributed by atoms with E-state index in [1.165, 1.54) is 0 Å². The van der Waals surface area contributed by atoms with E-state index in [-0.39, 0.29) is 11.9 Å². The summed E-state index contributed by atoms with van der Waals surface area (Å²) >= 11 is 0. The molecule has 0 radical (unpaired) electrons. The Morgan fingerprint density at radius 2 is 1.89 bits per heavy atom. The molecule has 1 heterocycles. The Hall–Kier alpha value is -3.95. The SMILES string of the molecule is CCCCc1nc2cc(C(=O)NC3CCCCC3O)ccc2n1Cc1ccc(-c2ccccc2C#N)cc1. The number of fused-ring (bicyclic) bond motifs is 1. The summed E-state index contributed by atoms with van der Waals surface area (Å²) < 4.78 is 2.25. The molecule has 38 heavy (non-hydrogen) atoms. The first-order valence-electron chi connectivity index (χ1n) is 13.6. The van der Waals surface area contributed by atoms with E-state index in [4.69, 9.17) is 4.98 Å². The average molecular weight is 507 g/mol. The molecule has 2 unspecified atom stereocenters. The van der Waals surface area contributed by atoms with Gasteiger partial charge in [0.25, 0.3) is 5.91 Å². The van der Waals surface area contributed by atoms with Crippen LogP contribution in [0.25, 0.3) is 22.2 Å². The first kappa shape index (κ1) is 25.7. The molecular formula is C32H34N4O2. The molecule has 1 fully saturated rings. The number of hydrogen-bond acceptors (Lipinski definition) is 4. The van der Waals surface area contributed by atoms with Gasteiger partial charge in [0.05, 0.1) is 34.8 Å². The average Bonchev–Trinajstić information content (AvgIpc) is 3.29. The highest BCUT2D eigenvalue weighted by Crippen LogP contribution is 2.26. The van der Waals surface area contributed by atoms with Crippen molar-refractivity contribution in [3.63, 3.8) is 0 Å². The summed E-state index contributed by atoms with van der Waals surface area (Å²) in [6.45, 7) is 2.85. The van der Waals surface area contributed by atoms with Gasteiger partial charge in [-0.1, -0.05) is 68.7 Å². The van der Waals surface area contributed by atoms with E-state index in [1.54, 1.807) is 0 Å². The quantitative estimate of drug-likeness (QED) is 0.307. The van der Waals surface area contributed by atoms with Crippen LogP contribution in [-0.4, -0.2) is 32.7 Å². The Balaban J connectivity index is 1.40. The molecule has 1 aliphatic rings. The molecule has 5 rings (SSSR count). The molecule has 6 heteroatoms. The first-order valence-corrected chi connectivity index (χ1v) is 13.6. The third-order valence-corrected chi connectivity index (χ3v) is 7.54. The van der Waals surface area contributed by atoms with E-state index in [1.807, 2.05) is 42.5 Å². The van der Waals surface area contributed by atoms with E-state index >= 15 is 0 Å². The molecule has 4 aromatic rings. The third-order valence-electron chi connectivity index (χ3n) is 7.54. The lowest BCUT2D eigenvalue weighted by Crippen LogP contribution is -2.45. The van der Waals surface area contributed by atoms with Gasteiger partial charge in [0.1, 0.15) is 5.82 Å². The number of rotatable bonds is 8. The smallest absolute Gasteiger partial charge is 0.251 e. The van der Waals surface area contributed by atoms with Gasteiger partial charge in [0.15, 0.2) is 0 Å². The van der Waals surface area contributed by atoms with Crippen molar-refractivity contribution >= 4 is 16.9 Å². The molecule has 1 aromatic heterocycles. The maximum Gasteiger partial charge on any atom is 0.251 e. The number of aryl methyl sites for hydroxylation is 1. The van der Waals surface area contributed by atoms with Gasteiger partial charge in [-0.3, -0.25) is 4.79 Å². The van der Waals surface area contributed by atoms with Gasteiger partial charge in [0, 0.05) is 18.5 Å². The van der Waals surface area contributed by atoms with Gasteiger partial charge < -0.3 is 15.0 Å². The number of aliphatic hydroxyl groups is 1. The van der Waals surface area contributed by atoms with Gasteiger partial charge >= 0.3 is 0 Å². The fraction of sp³-hybridized carbons (Fsp3) is 0.344. The Kier molecular flexibility index (Phi) is 7.86. The van der Waals surface area contributed by atoms with Crippen LogP contribution in [-0.2, 0) is 13.0 Å². The van der Waals surface area contributed by atoms with Crippen LogP contribution in [0, 0.1) is 11.3 Å². The number of carbonyl (C=O) groups excluding carboxylic acids is 1. The third kappa shape index (κ3) is 5.49. The van der Waals surface area contributed by atoms with Crippen molar-refractivity contribution in [2.45, 2.75) is 70.6 Å². The number of aliphatic hydroxyl groups excluding tert-OH is 1. The van der Waals surface area contributed by atoms with E-state index < -0.39 is 6.10 Å². The maximum atomic E-state index is 13.0. The van der Waals surface area contributed by atoms with E-state index in [9.17, 15) is 15.2 Å². The van der Waals surface area contributed by atoms with Crippen LogP contribution < -0.4 is 5.32 Å². The van der Waals surface area contributed by atoms with Crippen LogP contribution in [0.4, 0.5) is 0 Å². The normalized spacial score (nSPS) is 17.3. The second kappa shape index (κ2) is 11.6. The zero-order valence-corrected chi connectivity index (χ0v) is 21.9. The Labute approximate surface area is 224 Å². The minimum absolute atomic E-state index is 0.157. The van der Waals surface area contributed by atoms with Crippen LogP contribution >= 0.6 is 0 Å². The van der Waals surface area contributed by atoms with Crippen molar-refractivity contribution in [1.82, 2.24) is 14.9 Å². The zero-order valence-electron chi connectivity index (χ0n) is 21.9. The number of amides is 1. The number of aromatic nitrogens is 2. The molecule has 1 saturated carbocycles. The number of unbranched alkanes of at least 4 members (excludes halogenated alkanes) is 1.